The molecular formula is C13H18BrClN2. The van der Waals surface area contributed by atoms with Crippen molar-refractivity contribution in [1.82, 2.24) is 4.98 Å². The second-order valence-corrected chi connectivity index (χ2v) is 6.30. The zero-order chi connectivity index (χ0) is 12.4. The summed E-state index contributed by atoms with van der Waals surface area (Å²) in [6, 6.07) is 2.07. The molecule has 1 aromatic heterocycles. The van der Waals surface area contributed by atoms with Crippen molar-refractivity contribution < 1.29 is 0 Å². The number of hydrogen-bond acceptors (Lipinski definition) is 2. The first kappa shape index (κ1) is 13.2. The van der Waals surface area contributed by atoms with Crippen LogP contribution in [0.3, 0.4) is 0 Å². The zero-order valence-corrected chi connectivity index (χ0v) is 12.6. The quantitative estimate of drug-likeness (QED) is 0.765. The lowest BCUT2D eigenvalue weighted by molar-refractivity contribution is 0.355. The van der Waals surface area contributed by atoms with E-state index in [0.717, 1.165) is 40.8 Å². The summed E-state index contributed by atoms with van der Waals surface area (Å²) < 4.78 is 0.995. The van der Waals surface area contributed by atoms with Crippen molar-refractivity contribution in [2.45, 2.75) is 26.1 Å². The van der Waals surface area contributed by atoms with E-state index in [1.54, 1.807) is 0 Å². The van der Waals surface area contributed by atoms with E-state index >= 15 is 0 Å². The molecule has 17 heavy (non-hydrogen) atoms. The van der Waals surface area contributed by atoms with Crippen molar-refractivity contribution in [1.29, 1.82) is 0 Å². The van der Waals surface area contributed by atoms with Gasteiger partial charge in [0, 0.05) is 29.3 Å². The lowest BCUT2D eigenvalue weighted by Crippen LogP contribution is -2.39. The van der Waals surface area contributed by atoms with Gasteiger partial charge in [-0.2, -0.15) is 0 Å². The van der Waals surface area contributed by atoms with Gasteiger partial charge >= 0.3 is 0 Å². The summed E-state index contributed by atoms with van der Waals surface area (Å²) in [5.41, 5.74) is 1.11. The first-order valence-electron chi connectivity index (χ1n) is 6.05. The van der Waals surface area contributed by atoms with Crippen molar-refractivity contribution in [3.8, 4) is 0 Å². The van der Waals surface area contributed by atoms with Crippen molar-refractivity contribution in [3.63, 3.8) is 0 Å². The average Bonchev–Trinajstić information content (AvgIpc) is 2.27. The third-order valence-corrected chi connectivity index (χ3v) is 3.94. The van der Waals surface area contributed by atoms with Crippen LogP contribution in [0.1, 0.15) is 25.8 Å². The number of anilines is 1. The minimum atomic E-state index is 0.515. The summed E-state index contributed by atoms with van der Waals surface area (Å²) in [5, 5.41) is 0. The molecule has 4 heteroatoms. The summed E-state index contributed by atoms with van der Waals surface area (Å²) in [7, 11) is 0. The summed E-state index contributed by atoms with van der Waals surface area (Å²) >= 11 is 9.45. The summed E-state index contributed by atoms with van der Waals surface area (Å²) in [6.07, 6.45) is 3.17. The first-order valence-corrected chi connectivity index (χ1v) is 7.38. The Balaban J connectivity index is 2.26. The van der Waals surface area contributed by atoms with Crippen LogP contribution in [0.25, 0.3) is 0 Å². The lowest BCUT2D eigenvalue weighted by atomic mass is 9.92. The Hall–Kier alpha value is -0.280. The fourth-order valence-corrected chi connectivity index (χ4v) is 3.27. The molecule has 1 fully saturated rings. The van der Waals surface area contributed by atoms with Crippen molar-refractivity contribution in [3.05, 3.63) is 22.3 Å². The first-order chi connectivity index (χ1) is 8.10. The maximum atomic E-state index is 6.01. The van der Waals surface area contributed by atoms with Gasteiger partial charge in [0.15, 0.2) is 0 Å². The highest BCUT2D eigenvalue weighted by Gasteiger charge is 2.24. The molecule has 0 saturated carbocycles. The van der Waals surface area contributed by atoms with Crippen LogP contribution < -0.4 is 4.90 Å². The summed E-state index contributed by atoms with van der Waals surface area (Å²) in [5.74, 6) is 3.03. The van der Waals surface area contributed by atoms with Crippen LogP contribution in [0, 0.1) is 11.8 Å². The van der Waals surface area contributed by atoms with Gasteiger partial charge < -0.3 is 4.90 Å². The van der Waals surface area contributed by atoms with Crippen molar-refractivity contribution in [2.24, 2.45) is 11.8 Å². The van der Waals surface area contributed by atoms with E-state index in [0.29, 0.717) is 5.88 Å². The molecular weight excluding hydrogens is 300 g/mol. The van der Waals surface area contributed by atoms with E-state index in [-0.39, 0.29) is 0 Å². The maximum Gasteiger partial charge on any atom is 0.133 e. The number of alkyl halides is 1. The normalized spacial score (nSPS) is 25.1. The third-order valence-electron chi connectivity index (χ3n) is 3.22. The summed E-state index contributed by atoms with van der Waals surface area (Å²) in [4.78, 5) is 6.91. The SMILES string of the molecule is CC1CC(C)CN(c2ncc(Br)cc2CCl)C1. The predicted molar refractivity (Wildman–Crippen MR) is 76.7 cm³/mol. The predicted octanol–water partition coefficient (Wildman–Crippen LogP) is 4.07. The standard InChI is InChI=1S/C13H18BrClN2/c1-9-3-10(2)8-17(7-9)13-11(5-15)4-12(14)6-16-13/h4,6,9-10H,3,5,7-8H2,1-2H3. The van der Waals surface area contributed by atoms with Crippen LogP contribution in [0.2, 0.25) is 0 Å². The molecule has 1 aromatic rings. The van der Waals surface area contributed by atoms with Crippen LogP contribution in [-0.2, 0) is 5.88 Å². The van der Waals surface area contributed by atoms with Crippen LogP contribution in [0.4, 0.5) is 5.82 Å². The molecule has 0 bridgehead atoms. The highest BCUT2D eigenvalue weighted by atomic mass is 79.9. The molecule has 1 saturated heterocycles. The topological polar surface area (TPSA) is 16.1 Å². The Labute approximate surface area is 116 Å². The number of nitrogens with zero attached hydrogens (tertiary/aromatic N) is 2. The van der Waals surface area contributed by atoms with E-state index in [1.807, 2.05) is 6.20 Å². The third kappa shape index (κ3) is 3.14. The van der Waals surface area contributed by atoms with Gasteiger partial charge in [0.25, 0.3) is 0 Å². The number of aromatic nitrogens is 1. The van der Waals surface area contributed by atoms with Crippen molar-refractivity contribution >= 4 is 33.3 Å². The van der Waals surface area contributed by atoms with Gasteiger partial charge in [-0.05, 0) is 40.3 Å². The highest BCUT2D eigenvalue weighted by Crippen LogP contribution is 2.29. The van der Waals surface area contributed by atoms with Gasteiger partial charge in [-0.3, -0.25) is 0 Å². The molecule has 2 unspecified atom stereocenters. The number of halogens is 2. The van der Waals surface area contributed by atoms with Crippen LogP contribution >= 0.6 is 27.5 Å². The number of rotatable bonds is 2. The fraction of sp³-hybridized carbons (Fsp3) is 0.615. The van der Waals surface area contributed by atoms with Gasteiger partial charge in [-0.1, -0.05) is 13.8 Å². The Morgan fingerprint density at radius 2 is 2.06 bits per heavy atom. The molecule has 0 spiro atoms. The lowest BCUT2D eigenvalue weighted by Gasteiger charge is -2.36. The minimum Gasteiger partial charge on any atom is -0.356 e. The Bertz CT molecular complexity index is 387. The second kappa shape index (κ2) is 5.57. The van der Waals surface area contributed by atoms with Crippen LogP contribution in [0.15, 0.2) is 16.7 Å². The minimum absolute atomic E-state index is 0.515. The van der Waals surface area contributed by atoms with Crippen LogP contribution in [-0.4, -0.2) is 18.1 Å². The molecule has 94 valence electrons. The van der Waals surface area contributed by atoms with E-state index in [2.05, 4.69) is 45.7 Å². The number of hydrogen-bond donors (Lipinski definition) is 0. The highest BCUT2D eigenvalue weighted by molar-refractivity contribution is 9.10. The van der Waals surface area contributed by atoms with Crippen molar-refractivity contribution in [2.75, 3.05) is 18.0 Å². The molecule has 1 aliphatic rings. The Morgan fingerprint density at radius 3 is 2.65 bits per heavy atom. The fourth-order valence-electron chi connectivity index (χ4n) is 2.69. The summed E-state index contributed by atoms with van der Waals surface area (Å²) in [6.45, 7) is 6.79. The molecule has 2 rings (SSSR count). The molecule has 0 N–H and O–H groups in total. The molecule has 0 aliphatic carbocycles. The van der Waals surface area contributed by atoms with E-state index < -0.39 is 0 Å². The largest absolute Gasteiger partial charge is 0.356 e. The van der Waals surface area contributed by atoms with Gasteiger partial charge in [0.2, 0.25) is 0 Å². The molecule has 0 aromatic carbocycles. The molecule has 0 amide bonds. The molecule has 2 heterocycles. The van der Waals surface area contributed by atoms with E-state index in [4.69, 9.17) is 11.6 Å². The maximum absolute atomic E-state index is 6.01. The average molecular weight is 318 g/mol. The van der Waals surface area contributed by atoms with Gasteiger partial charge in [0.1, 0.15) is 5.82 Å². The van der Waals surface area contributed by atoms with Gasteiger partial charge in [-0.25, -0.2) is 4.98 Å². The molecule has 0 radical (unpaired) electrons. The second-order valence-electron chi connectivity index (χ2n) is 5.12. The van der Waals surface area contributed by atoms with E-state index in [1.165, 1.54) is 6.42 Å². The number of pyridine rings is 1. The molecule has 2 atom stereocenters. The van der Waals surface area contributed by atoms with Gasteiger partial charge in [0.05, 0.1) is 5.88 Å². The van der Waals surface area contributed by atoms with Gasteiger partial charge in [-0.15, -0.1) is 11.6 Å². The number of piperidine rings is 1. The monoisotopic (exact) mass is 316 g/mol. The van der Waals surface area contributed by atoms with Crippen LogP contribution in [0.5, 0.6) is 0 Å². The Morgan fingerprint density at radius 1 is 1.41 bits per heavy atom. The molecule has 2 nitrogen and oxygen atoms in total. The van der Waals surface area contributed by atoms with E-state index in [9.17, 15) is 0 Å². The Kier molecular flexibility index (Phi) is 4.31. The zero-order valence-electron chi connectivity index (χ0n) is 10.3. The molecule has 1 aliphatic heterocycles. The smallest absolute Gasteiger partial charge is 0.133 e.